The Morgan fingerprint density at radius 1 is 1.19 bits per heavy atom. The van der Waals surface area contributed by atoms with E-state index in [0.29, 0.717) is 12.5 Å². The SMILES string of the molecule is CC(C)c1cccc2c1OCC(N1CCN(C)CC1)C2O. The van der Waals surface area contributed by atoms with Crippen molar-refractivity contribution in [3.63, 3.8) is 0 Å². The number of ether oxygens (including phenoxy) is 1. The van der Waals surface area contributed by atoms with Crippen LogP contribution in [0.5, 0.6) is 5.75 Å². The molecule has 2 aliphatic rings. The van der Waals surface area contributed by atoms with E-state index in [0.717, 1.165) is 37.5 Å². The standard InChI is InChI=1S/C17H26N2O2/c1-12(2)13-5-4-6-14-16(20)15(11-21-17(13)14)19-9-7-18(3)8-10-19/h4-6,12,15-16,20H,7-11H2,1-3H3. The smallest absolute Gasteiger partial charge is 0.128 e. The third kappa shape index (κ3) is 2.80. The number of para-hydroxylation sites is 1. The van der Waals surface area contributed by atoms with E-state index in [9.17, 15) is 5.11 Å². The van der Waals surface area contributed by atoms with Crippen LogP contribution in [0.3, 0.4) is 0 Å². The number of hydrogen-bond donors (Lipinski definition) is 1. The highest BCUT2D eigenvalue weighted by atomic mass is 16.5. The summed E-state index contributed by atoms with van der Waals surface area (Å²) in [6.45, 7) is 9.03. The van der Waals surface area contributed by atoms with Crippen LogP contribution in [0.15, 0.2) is 18.2 Å². The molecule has 0 aliphatic carbocycles. The summed E-state index contributed by atoms with van der Waals surface area (Å²) in [5.41, 5.74) is 2.15. The number of aliphatic hydroxyl groups excluding tert-OH is 1. The summed E-state index contributed by atoms with van der Waals surface area (Å²) in [6.07, 6.45) is -0.448. The summed E-state index contributed by atoms with van der Waals surface area (Å²) < 4.78 is 6.06. The maximum absolute atomic E-state index is 10.8. The lowest BCUT2D eigenvalue weighted by atomic mass is 9.91. The molecule has 2 atom stereocenters. The van der Waals surface area contributed by atoms with Crippen LogP contribution >= 0.6 is 0 Å². The molecule has 1 aromatic rings. The lowest BCUT2D eigenvalue weighted by Gasteiger charge is -2.42. The van der Waals surface area contributed by atoms with Gasteiger partial charge in [0.05, 0.1) is 6.04 Å². The maximum atomic E-state index is 10.8. The molecule has 4 nitrogen and oxygen atoms in total. The van der Waals surface area contributed by atoms with E-state index in [1.54, 1.807) is 0 Å². The van der Waals surface area contributed by atoms with Crippen molar-refractivity contribution in [3.05, 3.63) is 29.3 Å². The van der Waals surface area contributed by atoms with Gasteiger partial charge in [0.15, 0.2) is 0 Å². The van der Waals surface area contributed by atoms with Gasteiger partial charge in [-0.3, -0.25) is 4.90 Å². The highest BCUT2D eigenvalue weighted by Gasteiger charge is 2.35. The number of aliphatic hydroxyl groups is 1. The molecule has 0 spiro atoms. The first-order chi connectivity index (χ1) is 10.1. The third-order valence-corrected chi connectivity index (χ3v) is 4.79. The van der Waals surface area contributed by atoms with Crippen LogP contribution in [0.1, 0.15) is 37.0 Å². The molecule has 2 unspecified atom stereocenters. The van der Waals surface area contributed by atoms with Crippen molar-refractivity contribution in [1.82, 2.24) is 9.80 Å². The minimum atomic E-state index is -0.448. The summed E-state index contributed by atoms with van der Waals surface area (Å²) in [7, 11) is 2.15. The predicted octanol–water partition coefficient (Wildman–Crippen LogP) is 1.85. The first-order valence-electron chi connectivity index (χ1n) is 7.94. The number of likely N-dealkylation sites (N-methyl/N-ethyl adjacent to an activating group) is 1. The predicted molar refractivity (Wildman–Crippen MR) is 83.8 cm³/mol. The van der Waals surface area contributed by atoms with Crippen molar-refractivity contribution in [2.75, 3.05) is 39.8 Å². The van der Waals surface area contributed by atoms with Gasteiger partial charge in [-0.25, -0.2) is 0 Å². The van der Waals surface area contributed by atoms with Gasteiger partial charge in [-0.2, -0.15) is 0 Å². The van der Waals surface area contributed by atoms with Crippen molar-refractivity contribution in [1.29, 1.82) is 0 Å². The fourth-order valence-electron chi connectivity index (χ4n) is 3.35. The van der Waals surface area contributed by atoms with Crippen LogP contribution in [-0.2, 0) is 0 Å². The highest BCUT2D eigenvalue weighted by molar-refractivity contribution is 5.46. The van der Waals surface area contributed by atoms with Crippen LogP contribution in [-0.4, -0.2) is 60.8 Å². The molecule has 0 amide bonds. The van der Waals surface area contributed by atoms with Crippen molar-refractivity contribution < 1.29 is 9.84 Å². The summed E-state index contributed by atoms with van der Waals surface area (Å²) in [6, 6.07) is 6.22. The van der Waals surface area contributed by atoms with E-state index < -0.39 is 6.10 Å². The molecule has 2 heterocycles. The van der Waals surface area contributed by atoms with Crippen LogP contribution < -0.4 is 4.74 Å². The van der Waals surface area contributed by atoms with Crippen LogP contribution in [0, 0.1) is 0 Å². The second kappa shape index (κ2) is 5.95. The summed E-state index contributed by atoms with van der Waals surface area (Å²) in [4.78, 5) is 4.70. The Kier molecular flexibility index (Phi) is 4.20. The first-order valence-corrected chi connectivity index (χ1v) is 7.94. The number of nitrogens with zero attached hydrogens (tertiary/aromatic N) is 2. The van der Waals surface area contributed by atoms with Gasteiger partial charge in [0, 0.05) is 31.7 Å². The molecule has 2 aliphatic heterocycles. The number of benzene rings is 1. The third-order valence-electron chi connectivity index (χ3n) is 4.79. The van der Waals surface area contributed by atoms with E-state index in [-0.39, 0.29) is 6.04 Å². The molecule has 0 saturated carbocycles. The Morgan fingerprint density at radius 2 is 1.90 bits per heavy atom. The van der Waals surface area contributed by atoms with Gasteiger partial charge in [-0.05, 0) is 18.5 Å². The lowest BCUT2D eigenvalue weighted by Crippen LogP contribution is -2.53. The Morgan fingerprint density at radius 3 is 2.57 bits per heavy atom. The molecule has 0 aromatic heterocycles. The van der Waals surface area contributed by atoms with Crippen LogP contribution in [0.2, 0.25) is 0 Å². The van der Waals surface area contributed by atoms with Crippen molar-refractivity contribution in [3.8, 4) is 5.75 Å². The minimum absolute atomic E-state index is 0.0774. The van der Waals surface area contributed by atoms with Gasteiger partial charge in [-0.1, -0.05) is 32.0 Å². The number of hydrogen-bond acceptors (Lipinski definition) is 4. The fourth-order valence-corrected chi connectivity index (χ4v) is 3.35. The molecule has 1 N–H and O–H groups in total. The van der Waals surface area contributed by atoms with Gasteiger partial charge in [0.25, 0.3) is 0 Å². The second-order valence-corrected chi connectivity index (χ2v) is 6.58. The molecular weight excluding hydrogens is 264 g/mol. The Labute approximate surface area is 127 Å². The molecule has 3 rings (SSSR count). The monoisotopic (exact) mass is 290 g/mol. The Hall–Kier alpha value is -1.10. The molecule has 0 bridgehead atoms. The van der Waals surface area contributed by atoms with E-state index in [2.05, 4.69) is 36.8 Å². The van der Waals surface area contributed by atoms with Crippen molar-refractivity contribution in [2.45, 2.75) is 31.9 Å². The van der Waals surface area contributed by atoms with Crippen molar-refractivity contribution in [2.24, 2.45) is 0 Å². The maximum Gasteiger partial charge on any atom is 0.128 e. The lowest BCUT2D eigenvalue weighted by molar-refractivity contribution is -0.0144. The zero-order chi connectivity index (χ0) is 15.0. The number of fused-ring (bicyclic) bond motifs is 1. The van der Waals surface area contributed by atoms with Gasteiger partial charge in [0.1, 0.15) is 18.5 Å². The van der Waals surface area contributed by atoms with E-state index >= 15 is 0 Å². The molecule has 1 fully saturated rings. The summed E-state index contributed by atoms with van der Waals surface area (Å²) >= 11 is 0. The van der Waals surface area contributed by atoms with Crippen LogP contribution in [0.25, 0.3) is 0 Å². The molecular formula is C17H26N2O2. The largest absolute Gasteiger partial charge is 0.491 e. The van der Waals surface area contributed by atoms with Gasteiger partial charge in [-0.15, -0.1) is 0 Å². The number of rotatable bonds is 2. The molecule has 116 valence electrons. The second-order valence-electron chi connectivity index (χ2n) is 6.58. The highest BCUT2D eigenvalue weighted by Crippen LogP contribution is 2.39. The molecule has 4 heteroatoms. The summed E-state index contributed by atoms with van der Waals surface area (Å²) in [5, 5.41) is 10.8. The van der Waals surface area contributed by atoms with Crippen LogP contribution in [0.4, 0.5) is 0 Å². The van der Waals surface area contributed by atoms with E-state index in [1.807, 2.05) is 12.1 Å². The molecule has 0 radical (unpaired) electrons. The molecule has 1 saturated heterocycles. The topological polar surface area (TPSA) is 35.9 Å². The van der Waals surface area contributed by atoms with E-state index in [4.69, 9.17) is 4.74 Å². The number of piperazine rings is 1. The normalized spacial score (nSPS) is 27.5. The first kappa shape index (κ1) is 14.8. The summed E-state index contributed by atoms with van der Waals surface area (Å²) in [5.74, 6) is 1.32. The van der Waals surface area contributed by atoms with Gasteiger partial charge in [0.2, 0.25) is 0 Å². The minimum Gasteiger partial charge on any atom is -0.491 e. The van der Waals surface area contributed by atoms with Gasteiger partial charge < -0.3 is 14.7 Å². The quantitative estimate of drug-likeness (QED) is 0.902. The van der Waals surface area contributed by atoms with E-state index in [1.165, 1.54) is 5.56 Å². The Bertz CT molecular complexity index is 496. The van der Waals surface area contributed by atoms with Gasteiger partial charge >= 0.3 is 0 Å². The zero-order valence-corrected chi connectivity index (χ0v) is 13.2. The van der Waals surface area contributed by atoms with Crippen molar-refractivity contribution >= 4 is 0 Å². The molecule has 1 aromatic carbocycles. The zero-order valence-electron chi connectivity index (χ0n) is 13.2. The molecule has 21 heavy (non-hydrogen) atoms. The average molecular weight is 290 g/mol. The fraction of sp³-hybridized carbons (Fsp3) is 0.647. The Balaban J connectivity index is 1.82. The average Bonchev–Trinajstić information content (AvgIpc) is 2.48.